The lowest BCUT2D eigenvalue weighted by Crippen LogP contribution is -2.39. The first kappa shape index (κ1) is 22.9. The number of rotatable bonds is 3. The van der Waals surface area contributed by atoms with E-state index < -0.39 is 18.1 Å². The molecule has 5 N–H and O–H groups in total. The van der Waals surface area contributed by atoms with Gasteiger partial charge in [-0.05, 0) is 49.9 Å². The van der Waals surface area contributed by atoms with Gasteiger partial charge in [0.25, 0.3) is 5.91 Å². The molecule has 3 atom stereocenters. The van der Waals surface area contributed by atoms with Gasteiger partial charge in [0.05, 0.1) is 11.6 Å². The number of pyridine rings is 2. The van der Waals surface area contributed by atoms with E-state index in [4.69, 9.17) is 11.5 Å². The Kier molecular flexibility index (Phi) is 5.64. The number of thiophene rings is 1. The Hall–Kier alpha value is -2.92. The number of halogens is 3. The zero-order valence-electron chi connectivity index (χ0n) is 18.5. The van der Waals surface area contributed by atoms with Gasteiger partial charge in [0, 0.05) is 41.9 Å². The lowest BCUT2D eigenvalue weighted by molar-refractivity contribution is -0.171. The maximum atomic E-state index is 13.2. The van der Waals surface area contributed by atoms with E-state index in [0.29, 0.717) is 35.6 Å². The molecule has 0 bridgehead atoms. The summed E-state index contributed by atoms with van der Waals surface area (Å²) < 4.78 is 39.5. The van der Waals surface area contributed by atoms with Gasteiger partial charge in [0.2, 0.25) is 0 Å². The Morgan fingerprint density at radius 3 is 2.74 bits per heavy atom. The van der Waals surface area contributed by atoms with Crippen molar-refractivity contribution in [2.24, 2.45) is 11.7 Å². The predicted octanol–water partition coefficient (Wildman–Crippen LogP) is 3.20. The van der Waals surface area contributed by atoms with Crippen LogP contribution in [0.2, 0.25) is 0 Å². The van der Waals surface area contributed by atoms with E-state index in [1.807, 2.05) is 25.1 Å². The summed E-state index contributed by atoms with van der Waals surface area (Å²) in [6.45, 7) is 1.83. The van der Waals surface area contributed by atoms with E-state index >= 15 is 0 Å². The second-order valence-electron chi connectivity index (χ2n) is 9.06. The Morgan fingerprint density at radius 1 is 1.21 bits per heavy atom. The minimum Gasteiger partial charge on any atom is -0.397 e. The third-order valence-corrected chi connectivity index (χ3v) is 7.75. The quantitative estimate of drug-likeness (QED) is 0.520. The normalized spacial score (nSPS) is 22.7. The molecule has 180 valence electrons. The van der Waals surface area contributed by atoms with Crippen LogP contribution in [0.25, 0.3) is 10.2 Å². The van der Waals surface area contributed by atoms with Crippen molar-refractivity contribution in [1.29, 1.82) is 0 Å². The minimum absolute atomic E-state index is 0.0817. The highest BCUT2D eigenvalue weighted by atomic mass is 32.1. The van der Waals surface area contributed by atoms with Crippen molar-refractivity contribution in [3.05, 3.63) is 46.1 Å². The molecular weight excluding hydrogens is 465 g/mol. The molecule has 0 spiro atoms. The highest BCUT2D eigenvalue weighted by Gasteiger charge is 2.48. The third kappa shape index (κ3) is 4.18. The van der Waals surface area contributed by atoms with Gasteiger partial charge in [-0.3, -0.25) is 4.79 Å². The zero-order chi connectivity index (χ0) is 24.2. The maximum absolute atomic E-state index is 13.2. The number of fused-ring (bicyclic) bond motifs is 2. The number of nitrogens with one attached hydrogen (secondary N) is 1. The molecule has 0 radical (unpaired) electrons. The van der Waals surface area contributed by atoms with E-state index in [-0.39, 0.29) is 25.0 Å². The topological polar surface area (TPSA) is 110 Å². The number of hydrogen-bond donors (Lipinski definition) is 3. The van der Waals surface area contributed by atoms with Crippen molar-refractivity contribution >= 4 is 39.0 Å². The SMILES string of the molecule is Cc1ccc2c(N)c(C(=O)N[C@H]3CCc4nc(N5C[C@H](N)[C@@H](C(F)(F)F)C5)ccc4C3)sc2n1. The van der Waals surface area contributed by atoms with Crippen LogP contribution < -0.4 is 21.7 Å². The highest BCUT2D eigenvalue weighted by molar-refractivity contribution is 7.21. The van der Waals surface area contributed by atoms with Crippen LogP contribution in [0.4, 0.5) is 24.7 Å². The van der Waals surface area contributed by atoms with Gasteiger partial charge in [0.1, 0.15) is 15.5 Å². The van der Waals surface area contributed by atoms with E-state index in [2.05, 4.69) is 15.3 Å². The molecule has 11 heteroatoms. The predicted molar refractivity (Wildman–Crippen MR) is 126 cm³/mol. The van der Waals surface area contributed by atoms with Gasteiger partial charge < -0.3 is 21.7 Å². The average molecular weight is 491 g/mol. The number of nitrogens with zero attached hydrogens (tertiary/aromatic N) is 3. The molecular formula is C23H25F3N6OS. The van der Waals surface area contributed by atoms with Gasteiger partial charge in [0.15, 0.2) is 0 Å². The summed E-state index contributed by atoms with van der Waals surface area (Å²) in [5.74, 6) is -1.25. The summed E-state index contributed by atoms with van der Waals surface area (Å²) in [5, 5.41) is 3.85. The molecule has 1 fully saturated rings. The molecule has 3 aromatic heterocycles. The molecule has 1 aliphatic carbocycles. The Labute approximate surface area is 198 Å². The van der Waals surface area contributed by atoms with Crippen LogP contribution in [0.3, 0.4) is 0 Å². The number of nitrogen functional groups attached to an aromatic ring is 1. The van der Waals surface area contributed by atoms with Crippen LogP contribution in [-0.4, -0.2) is 47.2 Å². The summed E-state index contributed by atoms with van der Waals surface area (Å²) in [5.41, 5.74) is 15.1. The Balaban J connectivity index is 1.27. The number of anilines is 2. The van der Waals surface area contributed by atoms with Crippen molar-refractivity contribution in [2.75, 3.05) is 23.7 Å². The number of aromatic nitrogens is 2. The summed E-state index contributed by atoms with van der Waals surface area (Å²) >= 11 is 1.28. The largest absolute Gasteiger partial charge is 0.397 e. The molecule has 1 amide bonds. The smallest absolute Gasteiger partial charge is 0.395 e. The minimum atomic E-state index is -4.32. The Bertz CT molecular complexity index is 1260. The fourth-order valence-corrected chi connectivity index (χ4v) is 5.81. The molecule has 4 heterocycles. The van der Waals surface area contributed by atoms with Gasteiger partial charge in [-0.1, -0.05) is 6.07 Å². The average Bonchev–Trinajstić information content (AvgIpc) is 3.33. The lowest BCUT2D eigenvalue weighted by atomic mass is 9.91. The van der Waals surface area contributed by atoms with E-state index in [9.17, 15) is 18.0 Å². The molecule has 0 unspecified atom stereocenters. The third-order valence-electron chi connectivity index (χ3n) is 6.63. The fourth-order valence-electron chi connectivity index (χ4n) is 4.77. The standard InChI is InChI=1S/C23H25F3N6OS/c1-11-2-5-14-19(28)20(34-22(14)29-11)21(33)30-13-4-6-17-12(8-13)3-7-18(31-17)32-9-15(16(27)10-32)23(24,25)26/h2-3,5,7,13,15-16H,4,6,8-10,27-28H2,1H3,(H,30,33)/t13-,15-,16-/m0/s1. The van der Waals surface area contributed by atoms with Crippen molar-refractivity contribution in [2.45, 2.75) is 44.4 Å². The molecule has 34 heavy (non-hydrogen) atoms. The van der Waals surface area contributed by atoms with E-state index in [0.717, 1.165) is 27.2 Å². The fraction of sp³-hybridized carbons (Fsp3) is 0.435. The molecule has 1 aliphatic heterocycles. The first-order valence-corrected chi connectivity index (χ1v) is 11.9. The van der Waals surface area contributed by atoms with E-state index in [1.165, 1.54) is 11.3 Å². The molecule has 5 rings (SSSR count). The molecule has 2 aliphatic rings. The molecule has 0 saturated carbocycles. The van der Waals surface area contributed by atoms with Crippen molar-refractivity contribution in [3.8, 4) is 0 Å². The monoisotopic (exact) mass is 490 g/mol. The lowest BCUT2D eigenvalue weighted by Gasteiger charge is -2.26. The highest BCUT2D eigenvalue weighted by Crippen LogP contribution is 2.36. The van der Waals surface area contributed by atoms with Crippen molar-refractivity contribution < 1.29 is 18.0 Å². The first-order valence-electron chi connectivity index (χ1n) is 11.1. The second-order valence-corrected chi connectivity index (χ2v) is 10.1. The van der Waals surface area contributed by atoms with Crippen LogP contribution in [0.5, 0.6) is 0 Å². The van der Waals surface area contributed by atoms with Crippen molar-refractivity contribution in [3.63, 3.8) is 0 Å². The van der Waals surface area contributed by atoms with Gasteiger partial charge >= 0.3 is 6.18 Å². The summed E-state index contributed by atoms with van der Waals surface area (Å²) in [6.07, 6.45) is -2.41. The van der Waals surface area contributed by atoms with Gasteiger partial charge in [-0.15, -0.1) is 11.3 Å². The zero-order valence-corrected chi connectivity index (χ0v) is 19.3. The summed E-state index contributed by atoms with van der Waals surface area (Å²) in [7, 11) is 0. The van der Waals surface area contributed by atoms with Crippen LogP contribution in [0.15, 0.2) is 24.3 Å². The maximum Gasteiger partial charge on any atom is 0.395 e. The molecule has 0 aromatic carbocycles. The summed E-state index contributed by atoms with van der Waals surface area (Å²) in [6, 6.07) is 6.34. The molecule has 7 nitrogen and oxygen atoms in total. The Morgan fingerprint density at radius 2 is 2.00 bits per heavy atom. The number of alkyl halides is 3. The second kappa shape index (κ2) is 8.38. The number of hydrogen-bond acceptors (Lipinski definition) is 7. The number of amides is 1. The van der Waals surface area contributed by atoms with Gasteiger partial charge in [-0.25, -0.2) is 9.97 Å². The van der Waals surface area contributed by atoms with Gasteiger partial charge in [-0.2, -0.15) is 13.2 Å². The number of carbonyl (C=O) groups is 1. The summed E-state index contributed by atoms with van der Waals surface area (Å²) in [4.78, 5) is 24.8. The van der Waals surface area contributed by atoms with Crippen molar-refractivity contribution in [1.82, 2.24) is 15.3 Å². The van der Waals surface area contributed by atoms with Crippen LogP contribution in [0, 0.1) is 12.8 Å². The van der Waals surface area contributed by atoms with Crippen LogP contribution >= 0.6 is 11.3 Å². The van der Waals surface area contributed by atoms with Crippen LogP contribution in [0.1, 0.15) is 33.0 Å². The molecule has 3 aromatic rings. The number of aryl methyl sites for hydroxylation is 2. The molecule has 1 saturated heterocycles. The van der Waals surface area contributed by atoms with E-state index in [1.54, 1.807) is 11.0 Å². The number of nitrogens with two attached hydrogens (primary N) is 2. The first-order chi connectivity index (χ1) is 16.1. The number of carbonyl (C=O) groups excluding carboxylic acids is 1. The van der Waals surface area contributed by atoms with Crippen LogP contribution in [-0.2, 0) is 12.8 Å².